The van der Waals surface area contributed by atoms with Gasteiger partial charge in [-0.3, -0.25) is 9.59 Å². The number of rotatable bonds is 6. The summed E-state index contributed by atoms with van der Waals surface area (Å²) in [5, 5.41) is 5.59. The fourth-order valence-corrected chi connectivity index (χ4v) is 3.16. The van der Waals surface area contributed by atoms with Crippen LogP contribution < -0.4 is 15.5 Å². The topological polar surface area (TPSA) is 96.7 Å². The Kier molecular flexibility index (Phi) is 6.05. The van der Waals surface area contributed by atoms with Crippen molar-refractivity contribution < 1.29 is 18.7 Å². The van der Waals surface area contributed by atoms with E-state index in [2.05, 4.69) is 20.5 Å². The number of carbonyl (C=O) groups excluding carboxylic acids is 2. The lowest BCUT2D eigenvalue weighted by molar-refractivity contribution is 0.0951. The number of hydrogen-bond donors (Lipinski definition) is 2. The summed E-state index contributed by atoms with van der Waals surface area (Å²) in [6, 6.07) is 13.9. The smallest absolute Gasteiger partial charge is 0.291 e. The van der Waals surface area contributed by atoms with Crippen LogP contribution in [0, 0.1) is 0 Å². The molecule has 8 nitrogen and oxygen atoms in total. The molecule has 2 aromatic heterocycles. The van der Waals surface area contributed by atoms with Gasteiger partial charge in [0.1, 0.15) is 5.82 Å². The van der Waals surface area contributed by atoms with Gasteiger partial charge >= 0.3 is 0 Å². The summed E-state index contributed by atoms with van der Waals surface area (Å²) in [4.78, 5) is 31.6. The quantitative estimate of drug-likeness (QED) is 0.653. The highest BCUT2D eigenvalue weighted by Crippen LogP contribution is 2.17. The maximum absolute atomic E-state index is 12.7. The highest BCUT2D eigenvalue weighted by atomic mass is 16.5. The van der Waals surface area contributed by atoms with Gasteiger partial charge in [-0.15, -0.1) is 0 Å². The largest absolute Gasteiger partial charge is 0.459 e. The second kappa shape index (κ2) is 9.23. The van der Waals surface area contributed by atoms with Crippen molar-refractivity contribution in [1.29, 1.82) is 0 Å². The van der Waals surface area contributed by atoms with E-state index in [1.165, 1.54) is 6.26 Å². The zero-order chi connectivity index (χ0) is 20.8. The number of carbonyl (C=O) groups is 2. The lowest BCUT2D eigenvalue weighted by Crippen LogP contribution is -2.36. The van der Waals surface area contributed by atoms with Crippen molar-refractivity contribution in [3.05, 3.63) is 77.9 Å². The Labute approximate surface area is 173 Å². The van der Waals surface area contributed by atoms with Crippen molar-refractivity contribution in [1.82, 2.24) is 10.3 Å². The number of nitrogens with zero attached hydrogens (tertiary/aromatic N) is 2. The molecule has 0 radical (unpaired) electrons. The summed E-state index contributed by atoms with van der Waals surface area (Å²) in [7, 11) is 0. The van der Waals surface area contributed by atoms with E-state index in [0.29, 0.717) is 31.0 Å². The van der Waals surface area contributed by atoms with E-state index in [9.17, 15) is 9.59 Å². The van der Waals surface area contributed by atoms with Gasteiger partial charge in [-0.1, -0.05) is 18.2 Å². The Morgan fingerprint density at radius 1 is 1.00 bits per heavy atom. The van der Waals surface area contributed by atoms with E-state index in [1.54, 1.807) is 42.6 Å². The molecule has 154 valence electrons. The van der Waals surface area contributed by atoms with Crippen molar-refractivity contribution in [2.24, 2.45) is 0 Å². The molecule has 3 heterocycles. The summed E-state index contributed by atoms with van der Waals surface area (Å²) < 4.78 is 10.5. The lowest BCUT2D eigenvalue weighted by atomic mass is 10.1. The molecular formula is C22H22N4O4. The van der Waals surface area contributed by atoms with E-state index in [4.69, 9.17) is 9.15 Å². The van der Waals surface area contributed by atoms with Crippen LogP contribution in [0.2, 0.25) is 0 Å². The molecule has 0 aliphatic carbocycles. The molecule has 1 aliphatic heterocycles. The van der Waals surface area contributed by atoms with E-state index in [-0.39, 0.29) is 11.7 Å². The van der Waals surface area contributed by atoms with E-state index in [1.807, 2.05) is 12.1 Å². The number of aromatic nitrogens is 1. The Morgan fingerprint density at radius 3 is 2.57 bits per heavy atom. The maximum Gasteiger partial charge on any atom is 0.291 e. The first kappa shape index (κ1) is 19.7. The van der Waals surface area contributed by atoms with Gasteiger partial charge in [-0.25, -0.2) is 4.98 Å². The third-order valence-electron chi connectivity index (χ3n) is 4.76. The van der Waals surface area contributed by atoms with Crippen LogP contribution >= 0.6 is 0 Å². The van der Waals surface area contributed by atoms with Crippen LogP contribution in [0.1, 0.15) is 26.5 Å². The fraction of sp³-hybridized carbons (Fsp3) is 0.227. The first-order chi connectivity index (χ1) is 14.7. The van der Waals surface area contributed by atoms with E-state index in [0.717, 1.165) is 24.5 Å². The van der Waals surface area contributed by atoms with Crippen LogP contribution in [0.25, 0.3) is 0 Å². The fourth-order valence-electron chi connectivity index (χ4n) is 3.16. The van der Waals surface area contributed by atoms with E-state index >= 15 is 0 Å². The molecule has 0 spiro atoms. The molecule has 4 rings (SSSR count). The molecule has 30 heavy (non-hydrogen) atoms. The molecule has 0 atom stereocenters. The van der Waals surface area contributed by atoms with Crippen molar-refractivity contribution >= 4 is 23.3 Å². The van der Waals surface area contributed by atoms with Crippen LogP contribution in [-0.4, -0.2) is 43.1 Å². The Hall–Kier alpha value is -3.65. The molecular weight excluding hydrogens is 384 g/mol. The number of benzene rings is 1. The molecule has 0 saturated carbocycles. The maximum atomic E-state index is 12.7. The number of morpholine rings is 1. The second-order valence-electron chi connectivity index (χ2n) is 6.78. The average Bonchev–Trinajstić information content (AvgIpc) is 3.34. The number of anilines is 2. The van der Waals surface area contributed by atoms with Crippen LogP contribution in [0.15, 0.2) is 65.4 Å². The summed E-state index contributed by atoms with van der Waals surface area (Å²) >= 11 is 0. The molecule has 0 unspecified atom stereocenters. The van der Waals surface area contributed by atoms with Gasteiger partial charge in [0.05, 0.1) is 30.7 Å². The van der Waals surface area contributed by atoms with Crippen LogP contribution in [0.3, 0.4) is 0 Å². The van der Waals surface area contributed by atoms with Crippen molar-refractivity contribution in [2.75, 3.05) is 36.5 Å². The number of amides is 2. The molecule has 0 bridgehead atoms. The number of nitrogens with one attached hydrogen (secondary N) is 2. The number of furan rings is 1. The minimum Gasteiger partial charge on any atom is -0.459 e. The molecule has 1 fully saturated rings. The minimum absolute atomic E-state index is 0.177. The third-order valence-corrected chi connectivity index (χ3v) is 4.76. The highest BCUT2D eigenvalue weighted by molar-refractivity contribution is 6.07. The van der Waals surface area contributed by atoms with Crippen LogP contribution in [-0.2, 0) is 11.3 Å². The normalized spacial score (nSPS) is 13.7. The summed E-state index contributed by atoms with van der Waals surface area (Å²) in [6.07, 6.45) is 3.18. The zero-order valence-corrected chi connectivity index (χ0v) is 16.3. The van der Waals surface area contributed by atoms with Gasteiger partial charge in [0.25, 0.3) is 11.8 Å². The predicted octanol–water partition coefficient (Wildman–Crippen LogP) is 2.69. The monoisotopic (exact) mass is 406 g/mol. The number of ether oxygens (including phenoxy) is 1. The third kappa shape index (κ3) is 4.66. The molecule has 2 N–H and O–H groups in total. The average molecular weight is 406 g/mol. The molecule has 1 aromatic carbocycles. The molecule has 1 saturated heterocycles. The Bertz CT molecular complexity index is 996. The van der Waals surface area contributed by atoms with Gasteiger partial charge < -0.3 is 24.7 Å². The predicted molar refractivity (Wildman–Crippen MR) is 112 cm³/mol. The van der Waals surface area contributed by atoms with Gasteiger partial charge in [0.15, 0.2) is 5.76 Å². The zero-order valence-electron chi connectivity index (χ0n) is 16.3. The molecule has 1 aliphatic rings. The first-order valence-electron chi connectivity index (χ1n) is 9.70. The second-order valence-corrected chi connectivity index (χ2v) is 6.78. The summed E-state index contributed by atoms with van der Waals surface area (Å²) in [6.45, 7) is 3.38. The van der Waals surface area contributed by atoms with Crippen LogP contribution in [0.5, 0.6) is 0 Å². The molecule has 2 amide bonds. The first-order valence-corrected chi connectivity index (χ1v) is 9.70. The Morgan fingerprint density at radius 2 is 1.83 bits per heavy atom. The lowest BCUT2D eigenvalue weighted by Gasteiger charge is -2.27. The van der Waals surface area contributed by atoms with Gasteiger partial charge in [-0.05, 0) is 35.9 Å². The van der Waals surface area contributed by atoms with Gasteiger partial charge in [0.2, 0.25) is 0 Å². The molecule has 8 heteroatoms. The molecule has 3 aromatic rings. The summed E-state index contributed by atoms with van der Waals surface area (Å²) in [5.74, 6) is 0.377. The standard InChI is InChI=1S/C22H22N4O4/c27-21(17-4-1-2-5-18(17)25-22(28)19-6-3-11-30-19)24-15-16-7-8-20(23-14-16)26-9-12-29-13-10-26/h1-8,11,14H,9-10,12-13,15H2,(H,24,27)(H,25,28). The van der Waals surface area contributed by atoms with Crippen molar-refractivity contribution in [3.8, 4) is 0 Å². The van der Waals surface area contributed by atoms with E-state index < -0.39 is 5.91 Å². The van der Waals surface area contributed by atoms with Crippen molar-refractivity contribution in [3.63, 3.8) is 0 Å². The van der Waals surface area contributed by atoms with Gasteiger partial charge in [0, 0.05) is 25.8 Å². The number of hydrogen-bond acceptors (Lipinski definition) is 6. The minimum atomic E-state index is -0.414. The van der Waals surface area contributed by atoms with Gasteiger partial charge in [-0.2, -0.15) is 0 Å². The van der Waals surface area contributed by atoms with Crippen molar-refractivity contribution in [2.45, 2.75) is 6.54 Å². The van der Waals surface area contributed by atoms with Crippen LogP contribution in [0.4, 0.5) is 11.5 Å². The number of para-hydroxylation sites is 1. The SMILES string of the molecule is O=C(Nc1ccccc1C(=O)NCc1ccc(N2CCOCC2)nc1)c1ccco1. The highest BCUT2D eigenvalue weighted by Gasteiger charge is 2.16. The Balaban J connectivity index is 1.38. The summed E-state index contributed by atoms with van der Waals surface area (Å²) in [5.41, 5.74) is 1.67. The number of pyridine rings is 1.